The largest absolute Gasteiger partial charge is 0.504 e. The quantitative estimate of drug-likeness (QED) is 0.212. The van der Waals surface area contributed by atoms with Crippen molar-refractivity contribution in [1.29, 1.82) is 0 Å². The molecule has 0 radical (unpaired) electrons. The van der Waals surface area contributed by atoms with Crippen LogP contribution >= 0.6 is 11.6 Å². The van der Waals surface area contributed by atoms with Crippen LogP contribution < -0.4 is 0 Å². The molecule has 0 spiro atoms. The molecule has 1 aliphatic heterocycles. The maximum absolute atomic E-state index is 10.9. The first kappa shape index (κ1) is 19.6. The van der Waals surface area contributed by atoms with Gasteiger partial charge in [0, 0.05) is 13.1 Å². The predicted octanol–water partition coefficient (Wildman–Crippen LogP) is 1.75. The highest BCUT2D eigenvalue weighted by Gasteiger charge is 2.41. The Kier molecular flexibility index (Phi) is 4.70. The van der Waals surface area contributed by atoms with Gasteiger partial charge in [0.25, 0.3) is 5.91 Å². The number of hydrogen-bond donors (Lipinski definition) is 6. The van der Waals surface area contributed by atoms with Gasteiger partial charge in [0.05, 0.1) is 23.1 Å². The third kappa shape index (κ3) is 3.03. The highest BCUT2D eigenvalue weighted by molar-refractivity contribution is 6.34. The van der Waals surface area contributed by atoms with Crippen LogP contribution in [0.5, 0.6) is 23.0 Å². The van der Waals surface area contributed by atoms with Crippen molar-refractivity contribution in [3.05, 3.63) is 40.7 Å². The van der Waals surface area contributed by atoms with E-state index >= 15 is 0 Å². The van der Waals surface area contributed by atoms with Crippen LogP contribution in [0.1, 0.15) is 24.2 Å². The smallest absolute Gasteiger partial charge is 0.287 e. The van der Waals surface area contributed by atoms with Gasteiger partial charge in [-0.15, -0.1) is 0 Å². The van der Waals surface area contributed by atoms with Crippen molar-refractivity contribution < 1.29 is 30.6 Å². The lowest BCUT2D eigenvalue weighted by atomic mass is 10.1. The number of nitrogens with zero attached hydrogens (tertiary/aromatic N) is 3. The molecule has 154 valence electrons. The molecule has 0 aliphatic carbocycles. The van der Waals surface area contributed by atoms with E-state index in [2.05, 4.69) is 4.98 Å². The number of halogens is 1. The molecule has 29 heavy (non-hydrogen) atoms. The number of phenols is 4. The molecule has 2 aromatic carbocycles. The summed E-state index contributed by atoms with van der Waals surface area (Å²) in [5.41, 5.74) is 0.725. The van der Waals surface area contributed by atoms with Gasteiger partial charge in [0.2, 0.25) is 0 Å². The second-order valence-corrected chi connectivity index (χ2v) is 7.40. The first-order chi connectivity index (χ1) is 13.7. The van der Waals surface area contributed by atoms with E-state index in [0.717, 1.165) is 12.8 Å². The molecule has 0 unspecified atom stereocenters. The molecule has 2 heterocycles. The van der Waals surface area contributed by atoms with E-state index in [1.54, 1.807) is 24.3 Å². The Morgan fingerprint density at radius 3 is 2.14 bits per heavy atom. The number of fused-ring (bicyclic) bond motifs is 1. The molecule has 10 heteroatoms. The molecule has 0 atom stereocenters. The maximum atomic E-state index is 10.9. The average molecular weight is 422 g/mol. The van der Waals surface area contributed by atoms with Crippen LogP contribution in [-0.4, -0.2) is 58.2 Å². The predicted molar refractivity (Wildman–Crippen MR) is 104 cm³/mol. The van der Waals surface area contributed by atoms with E-state index < -0.39 is 33.9 Å². The zero-order chi connectivity index (χ0) is 20.9. The van der Waals surface area contributed by atoms with Crippen molar-refractivity contribution in [1.82, 2.24) is 14.5 Å². The topological polar surface area (TPSA) is 142 Å². The van der Waals surface area contributed by atoms with Crippen molar-refractivity contribution in [3.63, 3.8) is 0 Å². The van der Waals surface area contributed by atoms with Crippen molar-refractivity contribution in [2.75, 3.05) is 13.1 Å². The maximum Gasteiger partial charge on any atom is 0.287 e. The lowest BCUT2D eigenvalue weighted by Crippen LogP contribution is -2.46. The molecule has 0 amide bonds. The van der Waals surface area contributed by atoms with Gasteiger partial charge in [-0.05, 0) is 25.0 Å². The molecule has 3 aromatic rings. The van der Waals surface area contributed by atoms with Crippen molar-refractivity contribution in [2.24, 2.45) is 0 Å². The number of benzene rings is 2. The fourth-order valence-electron chi connectivity index (χ4n) is 3.69. The van der Waals surface area contributed by atoms with E-state index in [-0.39, 0.29) is 17.9 Å². The fraction of sp³-hybridized carbons (Fsp3) is 0.316. The zero-order valence-electron chi connectivity index (χ0n) is 15.2. The Hall–Kier alpha value is -2.72. The molecule has 0 saturated carbocycles. The zero-order valence-corrected chi connectivity index (χ0v) is 16.0. The standard InChI is InChI=1S/C19H20ClN3O6/c20-13-16(26)14(24)10(15(25)17(13)27)9-23-12-6-2-1-5-11(12)21-18(23)19(28,29)22-7-3-4-8-22/h1-2,5-6,24-29H,3-4,7-9H2. The summed E-state index contributed by atoms with van der Waals surface area (Å²) in [6.45, 7) is 0.618. The van der Waals surface area contributed by atoms with Gasteiger partial charge in [-0.25, -0.2) is 9.88 Å². The molecule has 1 fully saturated rings. The van der Waals surface area contributed by atoms with Gasteiger partial charge >= 0.3 is 0 Å². The van der Waals surface area contributed by atoms with Crippen LogP contribution in [0.4, 0.5) is 0 Å². The minimum Gasteiger partial charge on any atom is -0.504 e. The summed E-state index contributed by atoms with van der Waals surface area (Å²) in [4.78, 5) is 5.83. The van der Waals surface area contributed by atoms with Gasteiger partial charge in [0.15, 0.2) is 28.8 Å². The van der Waals surface area contributed by atoms with Gasteiger partial charge < -0.3 is 35.2 Å². The van der Waals surface area contributed by atoms with Crippen molar-refractivity contribution >= 4 is 22.6 Å². The highest BCUT2D eigenvalue weighted by Crippen LogP contribution is 2.49. The highest BCUT2D eigenvalue weighted by atomic mass is 35.5. The number of aromatic hydroxyl groups is 4. The van der Waals surface area contributed by atoms with Crippen LogP contribution in [0.3, 0.4) is 0 Å². The summed E-state index contributed by atoms with van der Waals surface area (Å²) >= 11 is 5.70. The minimum absolute atomic E-state index is 0.117. The fourth-order valence-corrected chi connectivity index (χ4v) is 3.87. The van der Waals surface area contributed by atoms with Crippen molar-refractivity contribution in [3.8, 4) is 23.0 Å². The second-order valence-electron chi connectivity index (χ2n) is 7.03. The Morgan fingerprint density at radius 1 is 0.931 bits per heavy atom. The average Bonchev–Trinajstić information content (AvgIpc) is 3.37. The monoisotopic (exact) mass is 421 g/mol. The number of hydrogen-bond acceptors (Lipinski definition) is 8. The normalized spacial score (nSPS) is 15.4. The van der Waals surface area contributed by atoms with Crippen LogP contribution in [0.15, 0.2) is 24.3 Å². The van der Waals surface area contributed by atoms with Gasteiger partial charge in [-0.3, -0.25) is 0 Å². The molecule has 0 bridgehead atoms. The number of phenolic OH excluding ortho intramolecular Hbond substituents is 4. The lowest BCUT2D eigenvalue weighted by molar-refractivity contribution is -0.275. The molecule has 1 aromatic heterocycles. The number of para-hydroxylation sites is 2. The summed E-state index contributed by atoms with van der Waals surface area (Å²) in [7, 11) is 0. The van der Waals surface area contributed by atoms with Crippen molar-refractivity contribution in [2.45, 2.75) is 25.3 Å². The van der Waals surface area contributed by atoms with E-state index in [1.807, 2.05) is 0 Å². The number of aliphatic hydroxyl groups is 2. The third-order valence-electron chi connectivity index (χ3n) is 5.25. The first-order valence-corrected chi connectivity index (χ1v) is 9.41. The van der Waals surface area contributed by atoms with Gasteiger partial charge in [0.1, 0.15) is 5.02 Å². The van der Waals surface area contributed by atoms with Crippen LogP contribution in [0.25, 0.3) is 11.0 Å². The lowest BCUT2D eigenvalue weighted by Gasteiger charge is -2.31. The summed E-state index contributed by atoms with van der Waals surface area (Å²) < 4.78 is 1.40. The van der Waals surface area contributed by atoms with Crippen LogP contribution in [-0.2, 0) is 12.5 Å². The minimum atomic E-state index is -2.39. The molecular weight excluding hydrogens is 402 g/mol. The second kappa shape index (κ2) is 6.96. The SMILES string of the molecule is Oc1c(O)c(Cn2c(C(O)(O)N3CCCC3)nc3ccccc32)c(O)c(O)c1Cl. The van der Waals surface area contributed by atoms with E-state index in [9.17, 15) is 30.6 Å². The Labute approximate surface area is 170 Å². The Bertz CT molecular complexity index is 1060. The van der Waals surface area contributed by atoms with Crippen LogP contribution in [0, 0.1) is 0 Å². The van der Waals surface area contributed by atoms with E-state index in [0.29, 0.717) is 24.1 Å². The molecule has 4 rings (SSSR count). The molecule has 1 saturated heterocycles. The summed E-state index contributed by atoms with van der Waals surface area (Å²) in [5, 5.41) is 61.7. The third-order valence-corrected chi connectivity index (χ3v) is 5.61. The molecule has 9 nitrogen and oxygen atoms in total. The first-order valence-electron chi connectivity index (χ1n) is 9.03. The number of rotatable bonds is 4. The van der Waals surface area contributed by atoms with Gasteiger partial charge in [-0.1, -0.05) is 23.7 Å². The van der Waals surface area contributed by atoms with Gasteiger partial charge in [-0.2, -0.15) is 0 Å². The van der Waals surface area contributed by atoms with Crippen LogP contribution in [0.2, 0.25) is 5.02 Å². The summed E-state index contributed by atoms with van der Waals surface area (Å²) in [6, 6.07) is 6.85. The van der Waals surface area contributed by atoms with E-state index in [4.69, 9.17) is 11.6 Å². The summed E-state index contributed by atoms with van der Waals surface area (Å²) in [6.07, 6.45) is 1.62. The molecule has 6 N–H and O–H groups in total. The van der Waals surface area contributed by atoms with E-state index in [1.165, 1.54) is 9.47 Å². The molecular formula is C19H20ClN3O6. The Morgan fingerprint density at radius 2 is 1.52 bits per heavy atom. The number of aromatic nitrogens is 2. The number of imidazole rings is 1. The molecule has 1 aliphatic rings. The Balaban J connectivity index is 1.91. The number of likely N-dealkylation sites (tertiary alicyclic amines) is 1. The summed E-state index contributed by atoms with van der Waals surface area (Å²) in [5.74, 6) is -5.54.